The molecule has 1 aliphatic heterocycles. The maximum atomic E-state index is 6.28. The third-order valence-electron chi connectivity index (χ3n) is 10.1. The van der Waals surface area contributed by atoms with E-state index in [2.05, 4.69) is 69.1 Å². The van der Waals surface area contributed by atoms with Crippen molar-refractivity contribution in [2.24, 2.45) is 40.9 Å². The summed E-state index contributed by atoms with van der Waals surface area (Å²) in [6.07, 6.45) is 21.5. The van der Waals surface area contributed by atoms with Crippen molar-refractivity contribution < 1.29 is 16.4 Å². The number of piperidine rings is 1. The Morgan fingerprint density at radius 3 is 2.41 bits per heavy atom. The number of hydrogen-bond acceptors (Lipinski definition) is 2. The van der Waals surface area contributed by atoms with Crippen LogP contribution in [0, 0.1) is 40.9 Å². The lowest BCUT2D eigenvalue weighted by molar-refractivity contribution is 0.0120. The Kier molecular flexibility index (Phi) is 17.0. The summed E-state index contributed by atoms with van der Waals surface area (Å²) >= 11 is 6.28. The van der Waals surface area contributed by atoms with Crippen molar-refractivity contribution in [3.63, 3.8) is 0 Å². The van der Waals surface area contributed by atoms with Crippen LogP contribution in [0.1, 0.15) is 99.8 Å². The molecule has 1 saturated heterocycles. The monoisotopic (exact) mass is 570 g/mol. The third-order valence-corrected chi connectivity index (χ3v) is 10.5. The molecule has 5 nitrogen and oxygen atoms in total. The van der Waals surface area contributed by atoms with E-state index in [1.165, 1.54) is 71.0 Å². The third kappa shape index (κ3) is 10.3. The fourth-order valence-electron chi connectivity index (χ4n) is 7.93. The van der Waals surface area contributed by atoms with E-state index >= 15 is 0 Å². The quantitative estimate of drug-likeness (QED) is 0.366. The molecule has 4 aliphatic rings. The van der Waals surface area contributed by atoms with Crippen LogP contribution in [0.2, 0.25) is 0 Å². The highest BCUT2D eigenvalue weighted by Gasteiger charge is 2.40. The van der Waals surface area contributed by atoms with E-state index in [1.807, 2.05) is 0 Å². The minimum atomic E-state index is 0. The summed E-state index contributed by atoms with van der Waals surface area (Å²) in [5.74, 6) is 4.83. The summed E-state index contributed by atoms with van der Waals surface area (Å²) in [6, 6.07) is 0.553. The molecule has 0 spiro atoms. The molecule has 0 bridgehead atoms. The van der Waals surface area contributed by atoms with Gasteiger partial charge in [0.05, 0.1) is 0 Å². The molecule has 4 unspecified atom stereocenters. The van der Waals surface area contributed by atoms with Crippen molar-refractivity contribution in [1.82, 2.24) is 10.2 Å². The zero-order chi connectivity index (χ0) is 25.0. The Morgan fingerprint density at radius 1 is 1.08 bits per heavy atom. The van der Waals surface area contributed by atoms with Gasteiger partial charge in [-0.25, -0.2) is 0 Å². The average molecular weight is 571 g/mol. The van der Waals surface area contributed by atoms with Gasteiger partial charge in [-0.3, -0.25) is 0 Å². The topological polar surface area (TPSA) is 110 Å². The zero-order valence-electron chi connectivity index (χ0n) is 24.9. The normalized spacial score (nSPS) is 31.4. The molecular formula is C33H63ClN2O3. The van der Waals surface area contributed by atoms with E-state index in [-0.39, 0.29) is 23.9 Å². The van der Waals surface area contributed by atoms with Gasteiger partial charge in [0.2, 0.25) is 0 Å². The van der Waals surface area contributed by atoms with Crippen molar-refractivity contribution in [3.05, 3.63) is 34.9 Å². The molecule has 6 heteroatoms. The average Bonchev–Trinajstić information content (AvgIpc) is 2.82. The molecule has 7 N–H and O–H groups in total. The molecule has 6 atom stereocenters. The Morgan fingerprint density at radius 2 is 1.79 bits per heavy atom. The van der Waals surface area contributed by atoms with E-state index in [0.717, 1.165) is 47.6 Å². The van der Waals surface area contributed by atoms with Crippen molar-refractivity contribution in [1.29, 1.82) is 0 Å². The predicted octanol–water partition coefficient (Wildman–Crippen LogP) is 6.36. The Bertz CT molecular complexity index is 794. The van der Waals surface area contributed by atoms with E-state index < -0.39 is 0 Å². The van der Waals surface area contributed by atoms with Gasteiger partial charge in [0.1, 0.15) is 0 Å². The Balaban J connectivity index is 0.00000361. The SMILES string of the molecule is C.CC1CCCCC1C1C=CC=C(CN[C@@H](CN2CC[C@H](C3CC=C(Cl)CC3)C(C)(C)C2)C(C)C)C1.O.O.O. The van der Waals surface area contributed by atoms with E-state index in [0.29, 0.717) is 17.4 Å². The van der Waals surface area contributed by atoms with E-state index in [9.17, 15) is 0 Å². The highest BCUT2D eigenvalue weighted by Crippen LogP contribution is 2.45. The smallest absolute Gasteiger partial charge is 0.0221 e. The van der Waals surface area contributed by atoms with Crippen LogP contribution in [-0.2, 0) is 0 Å². The van der Waals surface area contributed by atoms with E-state index in [1.54, 1.807) is 5.57 Å². The first-order valence-corrected chi connectivity index (χ1v) is 15.3. The molecule has 0 aromatic carbocycles. The van der Waals surface area contributed by atoms with Crippen LogP contribution in [0.5, 0.6) is 0 Å². The van der Waals surface area contributed by atoms with Gasteiger partial charge in [0.15, 0.2) is 0 Å². The van der Waals surface area contributed by atoms with Gasteiger partial charge in [-0.1, -0.05) is 103 Å². The minimum absolute atomic E-state index is 0. The first-order valence-electron chi connectivity index (χ1n) is 14.9. The molecule has 2 fully saturated rings. The molecule has 4 rings (SSSR count). The van der Waals surface area contributed by atoms with Gasteiger partial charge in [-0.2, -0.15) is 0 Å². The number of halogens is 1. The molecule has 0 aromatic rings. The summed E-state index contributed by atoms with van der Waals surface area (Å²) in [4.78, 5) is 2.77. The lowest BCUT2D eigenvalue weighted by atomic mass is 9.65. The lowest BCUT2D eigenvalue weighted by Crippen LogP contribution is -2.53. The summed E-state index contributed by atoms with van der Waals surface area (Å²) < 4.78 is 0. The molecule has 0 radical (unpaired) electrons. The molecule has 0 aromatic heterocycles. The molecular weight excluding hydrogens is 508 g/mol. The van der Waals surface area contributed by atoms with Crippen molar-refractivity contribution in [2.75, 3.05) is 26.2 Å². The van der Waals surface area contributed by atoms with Crippen LogP contribution in [-0.4, -0.2) is 53.5 Å². The number of likely N-dealkylation sites (tertiary alicyclic amines) is 1. The van der Waals surface area contributed by atoms with Crippen molar-refractivity contribution in [2.45, 2.75) is 106 Å². The highest BCUT2D eigenvalue weighted by molar-refractivity contribution is 6.29. The summed E-state index contributed by atoms with van der Waals surface area (Å²) in [6.45, 7) is 17.0. The van der Waals surface area contributed by atoms with Crippen molar-refractivity contribution in [3.8, 4) is 0 Å². The van der Waals surface area contributed by atoms with Crippen molar-refractivity contribution >= 4 is 11.6 Å². The minimum Gasteiger partial charge on any atom is -0.412 e. The second-order valence-corrected chi connectivity index (χ2v) is 14.0. The highest BCUT2D eigenvalue weighted by atomic mass is 35.5. The molecule has 0 amide bonds. The van der Waals surface area contributed by atoms with Crippen LogP contribution >= 0.6 is 11.6 Å². The van der Waals surface area contributed by atoms with Gasteiger partial charge in [0, 0.05) is 30.7 Å². The molecule has 3 aliphatic carbocycles. The van der Waals surface area contributed by atoms with E-state index in [4.69, 9.17) is 11.6 Å². The van der Waals surface area contributed by atoms with Gasteiger partial charge >= 0.3 is 0 Å². The number of rotatable bonds is 8. The summed E-state index contributed by atoms with van der Waals surface area (Å²) in [5, 5.41) is 5.10. The van der Waals surface area contributed by atoms with Gasteiger partial charge < -0.3 is 26.6 Å². The number of hydrogen-bond donors (Lipinski definition) is 1. The number of nitrogens with zero attached hydrogens (tertiary/aromatic N) is 1. The predicted molar refractivity (Wildman–Crippen MR) is 170 cm³/mol. The van der Waals surface area contributed by atoms with Crippen LogP contribution in [0.3, 0.4) is 0 Å². The molecule has 39 heavy (non-hydrogen) atoms. The summed E-state index contributed by atoms with van der Waals surface area (Å²) in [5.41, 5.74) is 1.99. The lowest BCUT2D eigenvalue weighted by Gasteiger charge is -2.49. The molecule has 1 saturated carbocycles. The van der Waals surface area contributed by atoms with Crippen LogP contribution < -0.4 is 5.32 Å². The second-order valence-electron chi connectivity index (χ2n) is 13.5. The standard InChI is InChI=1S/C32H53ClN2.CH4.3H2O/c1-23(2)31(34-20-25-10-8-11-27(19-25)29-12-7-6-9-24(29)3)21-35-18-17-30(32(4,5)22-35)26-13-15-28(33)16-14-26;;;;/h8,10-11,15,23-24,26-27,29-31,34H,6-7,9,12-14,16-22H2,1-5H3;1H4;3*1H2/t24?,26?,27?,29?,30-,31+;;;;/m1..../s1. The molecule has 230 valence electrons. The van der Waals surface area contributed by atoms with Crippen LogP contribution in [0.15, 0.2) is 34.9 Å². The first-order chi connectivity index (χ1) is 16.7. The van der Waals surface area contributed by atoms with Gasteiger partial charge in [0.25, 0.3) is 0 Å². The maximum absolute atomic E-state index is 6.28. The fourth-order valence-corrected chi connectivity index (χ4v) is 8.13. The second kappa shape index (κ2) is 17.3. The van der Waals surface area contributed by atoms with Gasteiger partial charge in [-0.05, 0) is 86.0 Å². The van der Waals surface area contributed by atoms with Gasteiger partial charge in [-0.15, -0.1) is 0 Å². The van der Waals surface area contributed by atoms with Crippen LogP contribution in [0.25, 0.3) is 0 Å². The fraction of sp³-hybridized carbons (Fsp3) is 0.818. The Labute approximate surface area is 245 Å². The largest absolute Gasteiger partial charge is 0.412 e. The number of nitrogens with one attached hydrogen (secondary N) is 1. The molecule has 1 heterocycles. The zero-order valence-corrected chi connectivity index (χ0v) is 25.6. The maximum Gasteiger partial charge on any atom is 0.0221 e. The van der Waals surface area contributed by atoms with Crippen LogP contribution in [0.4, 0.5) is 0 Å². The Hall–Kier alpha value is -0.690. The first kappa shape index (κ1) is 38.3. The number of allylic oxidation sites excluding steroid dienone is 5. The summed E-state index contributed by atoms with van der Waals surface area (Å²) in [7, 11) is 0.